The third kappa shape index (κ3) is 7.12. The van der Waals surface area contributed by atoms with E-state index in [4.69, 9.17) is 16.6 Å². The normalized spacial score (nSPS) is 12.5. The fourth-order valence-electron chi connectivity index (χ4n) is 2.87. The molecule has 2 aromatic rings. The zero-order chi connectivity index (χ0) is 23.0. The third-order valence-corrected chi connectivity index (χ3v) is 4.35. The highest BCUT2D eigenvalue weighted by atomic mass is 16.4. The molecule has 2 rings (SSSR count). The van der Waals surface area contributed by atoms with E-state index in [2.05, 4.69) is 15.6 Å². The summed E-state index contributed by atoms with van der Waals surface area (Å²) in [6.45, 7) is -1.19. The van der Waals surface area contributed by atoms with Gasteiger partial charge in [0.15, 0.2) is 0 Å². The Morgan fingerprint density at radius 1 is 1.03 bits per heavy atom. The van der Waals surface area contributed by atoms with E-state index in [1.54, 1.807) is 6.20 Å². The molecule has 0 spiro atoms. The number of hydrogen-bond acceptors (Lipinski definition) is 6. The second kappa shape index (κ2) is 10.7. The summed E-state index contributed by atoms with van der Waals surface area (Å²) in [5, 5.41) is 16.2. The Balaban J connectivity index is 1.87. The van der Waals surface area contributed by atoms with Gasteiger partial charge >= 0.3 is 5.97 Å². The van der Waals surface area contributed by atoms with Crippen LogP contribution in [-0.2, 0) is 30.4 Å². The SMILES string of the molecule is NC(=O)CC(NC(=O)CNC(=O)C(N)Cc1c[nH]c2ccccc12)C(=O)NCC(=O)O. The highest BCUT2D eigenvalue weighted by molar-refractivity contribution is 5.94. The number of nitrogens with one attached hydrogen (secondary N) is 4. The van der Waals surface area contributed by atoms with Crippen molar-refractivity contribution in [2.45, 2.75) is 24.9 Å². The fourth-order valence-corrected chi connectivity index (χ4v) is 2.87. The lowest BCUT2D eigenvalue weighted by molar-refractivity contribution is -0.138. The van der Waals surface area contributed by atoms with Crippen LogP contribution >= 0.6 is 0 Å². The predicted octanol–water partition coefficient (Wildman–Crippen LogP) is -2.29. The van der Waals surface area contributed by atoms with Crippen LogP contribution in [0.3, 0.4) is 0 Å². The first-order chi connectivity index (χ1) is 14.7. The number of carbonyl (C=O) groups excluding carboxylic acids is 4. The molecular weight excluding hydrogens is 408 g/mol. The molecule has 2 atom stereocenters. The van der Waals surface area contributed by atoms with Gasteiger partial charge in [-0.1, -0.05) is 18.2 Å². The molecule has 0 aliphatic rings. The van der Waals surface area contributed by atoms with Crippen molar-refractivity contribution in [1.82, 2.24) is 20.9 Å². The van der Waals surface area contributed by atoms with Gasteiger partial charge in [0.05, 0.1) is 19.0 Å². The third-order valence-electron chi connectivity index (χ3n) is 4.35. The Kier molecular flexibility index (Phi) is 8.09. The molecule has 0 aliphatic heterocycles. The number of aromatic amines is 1. The highest BCUT2D eigenvalue weighted by Gasteiger charge is 2.24. The van der Waals surface area contributed by atoms with Crippen molar-refractivity contribution in [2.24, 2.45) is 11.5 Å². The highest BCUT2D eigenvalue weighted by Crippen LogP contribution is 2.18. The summed E-state index contributed by atoms with van der Waals surface area (Å²) in [4.78, 5) is 61.0. The van der Waals surface area contributed by atoms with Crippen molar-refractivity contribution in [2.75, 3.05) is 13.1 Å². The molecule has 0 saturated heterocycles. The van der Waals surface area contributed by atoms with Crippen LogP contribution < -0.4 is 27.4 Å². The molecule has 166 valence electrons. The molecule has 0 bridgehead atoms. The van der Waals surface area contributed by atoms with Crippen molar-refractivity contribution in [1.29, 1.82) is 0 Å². The van der Waals surface area contributed by atoms with Crippen molar-refractivity contribution in [3.8, 4) is 0 Å². The van der Waals surface area contributed by atoms with Gasteiger partial charge in [-0.25, -0.2) is 0 Å². The minimum absolute atomic E-state index is 0.235. The van der Waals surface area contributed by atoms with Crippen LogP contribution in [0.25, 0.3) is 10.9 Å². The molecule has 1 aromatic carbocycles. The quantitative estimate of drug-likeness (QED) is 0.206. The average Bonchev–Trinajstić information content (AvgIpc) is 3.12. The van der Waals surface area contributed by atoms with Crippen LogP contribution in [0.4, 0.5) is 0 Å². The Morgan fingerprint density at radius 2 is 1.71 bits per heavy atom. The number of primary amides is 1. The number of carbonyl (C=O) groups is 5. The molecule has 0 fully saturated rings. The van der Waals surface area contributed by atoms with E-state index in [1.807, 2.05) is 29.6 Å². The van der Waals surface area contributed by atoms with E-state index in [-0.39, 0.29) is 6.42 Å². The van der Waals surface area contributed by atoms with Crippen molar-refractivity contribution < 1.29 is 29.1 Å². The van der Waals surface area contributed by atoms with Gasteiger partial charge in [0, 0.05) is 17.1 Å². The Bertz CT molecular complexity index is 987. The summed E-state index contributed by atoms with van der Waals surface area (Å²) in [5.41, 5.74) is 12.7. The maximum Gasteiger partial charge on any atom is 0.322 e. The number of benzene rings is 1. The second-order valence-corrected chi connectivity index (χ2v) is 6.79. The minimum atomic E-state index is -1.37. The largest absolute Gasteiger partial charge is 0.480 e. The number of nitrogens with two attached hydrogens (primary N) is 2. The first-order valence-corrected chi connectivity index (χ1v) is 9.32. The summed E-state index contributed by atoms with van der Waals surface area (Å²) in [6.07, 6.45) is 1.46. The smallest absolute Gasteiger partial charge is 0.322 e. The Hall–Kier alpha value is -3.93. The van der Waals surface area contributed by atoms with E-state index >= 15 is 0 Å². The molecule has 0 aliphatic carbocycles. The molecule has 31 heavy (non-hydrogen) atoms. The van der Waals surface area contributed by atoms with Crippen LogP contribution in [0.15, 0.2) is 30.5 Å². The van der Waals surface area contributed by atoms with Gasteiger partial charge in [0.25, 0.3) is 0 Å². The second-order valence-electron chi connectivity index (χ2n) is 6.79. The summed E-state index contributed by atoms with van der Waals surface area (Å²) < 4.78 is 0. The van der Waals surface area contributed by atoms with Crippen LogP contribution in [0, 0.1) is 0 Å². The zero-order valence-corrected chi connectivity index (χ0v) is 16.5. The standard InChI is InChI=1S/C19H24N6O6/c20-12(5-10-7-22-13-4-2-1-3-11(10)13)18(30)23-8-16(27)25-14(6-15(21)26)19(31)24-9-17(28)29/h1-4,7,12,14,22H,5-6,8-9,20H2,(H2,21,26)(H,23,30)(H,24,31)(H,25,27)(H,28,29). The van der Waals surface area contributed by atoms with Crippen molar-refractivity contribution in [3.05, 3.63) is 36.0 Å². The molecule has 2 unspecified atom stereocenters. The first-order valence-electron chi connectivity index (χ1n) is 9.32. The number of carboxylic acid groups (broad SMARTS) is 1. The van der Waals surface area contributed by atoms with E-state index in [0.717, 1.165) is 16.5 Å². The lowest BCUT2D eigenvalue weighted by Gasteiger charge is -2.17. The molecule has 9 N–H and O–H groups in total. The van der Waals surface area contributed by atoms with Gasteiger partial charge in [0.1, 0.15) is 12.6 Å². The number of para-hydroxylation sites is 1. The molecule has 1 aromatic heterocycles. The molecular formula is C19H24N6O6. The van der Waals surface area contributed by atoms with Crippen molar-refractivity contribution >= 4 is 40.5 Å². The van der Waals surface area contributed by atoms with Gasteiger partial charge in [-0.05, 0) is 18.1 Å². The first kappa shape index (κ1) is 23.3. The van der Waals surface area contributed by atoms with E-state index in [9.17, 15) is 24.0 Å². The number of amides is 4. The summed E-state index contributed by atoms with van der Waals surface area (Å²) in [7, 11) is 0. The topological polar surface area (TPSA) is 209 Å². The lowest BCUT2D eigenvalue weighted by atomic mass is 10.1. The number of carboxylic acids is 1. The van der Waals surface area contributed by atoms with E-state index < -0.39 is 61.2 Å². The maximum atomic E-state index is 12.2. The van der Waals surface area contributed by atoms with Gasteiger partial charge in [-0.2, -0.15) is 0 Å². The molecule has 12 heteroatoms. The predicted molar refractivity (Wildman–Crippen MR) is 109 cm³/mol. The minimum Gasteiger partial charge on any atom is -0.480 e. The number of aromatic nitrogens is 1. The van der Waals surface area contributed by atoms with Crippen molar-refractivity contribution in [3.63, 3.8) is 0 Å². The zero-order valence-electron chi connectivity index (χ0n) is 16.5. The fraction of sp³-hybridized carbons (Fsp3) is 0.316. The van der Waals surface area contributed by atoms with E-state index in [1.165, 1.54) is 0 Å². The van der Waals surface area contributed by atoms with Gasteiger partial charge < -0.3 is 37.5 Å². The monoisotopic (exact) mass is 432 g/mol. The van der Waals surface area contributed by atoms with Crippen LogP contribution in [0.1, 0.15) is 12.0 Å². The van der Waals surface area contributed by atoms with Crippen LogP contribution in [0.2, 0.25) is 0 Å². The lowest BCUT2D eigenvalue weighted by Crippen LogP contribution is -2.52. The molecule has 4 amide bonds. The number of hydrogen-bond donors (Lipinski definition) is 7. The molecule has 0 saturated carbocycles. The molecule has 12 nitrogen and oxygen atoms in total. The molecule has 1 heterocycles. The van der Waals surface area contributed by atoms with Gasteiger partial charge in [-0.15, -0.1) is 0 Å². The number of fused-ring (bicyclic) bond motifs is 1. The average molecular weight is 432 g/mol. The Morgan fingerprint density at radius 3 is 2.39 bits per heavy atom. The molecule has 0 radical (unpaired) electrons. The summed E-state index contributed by atoms with van der Waals surface area (Å²) in [6, 6.07) is 5.23. The van der Waals surface area contributed by atoms with Gasteiger partial charge in [0.2, 0.25) is 23.6 Å². The summed E-state index contributed by atoms with van der Waals surface area (Å²) in [5.74, 6) is -4.42. The Labute approximate surface area is 176 Å². The van der Waals surface area contributed by atoms with Crippen LogP contribution in [-0.4, -0.2) is 64.9 Å². The summed E-state index contributed by atoms with van der Waals surface area (Å²) >= 11 is 0. The van der Waals surface area contributed by atoms with E-state index in [0.29, 0.717) is 0 Å². The van der Waals surface area contributed by atoms with Gasteiger partial charge in [-0.3, -0.25) is 24.0 Å². The number of H-pyrrole nitrogens is 1. The van der Waals surface area contributed by atoms with Crippen LogP contribution in [0.5, 0.6) is 0 Å². The number of rotatable bonds is 11. The maximum absolute atomic E-state index is 12.2. The number of aliphatic carboxylic acids is 1.